The van der Waals surface area contributed by atoms with Crippen LogP contribution in [0.3, 0.4) is 0 Å². The van der Waals surface area contributed by atoms with Crippen molar-refractivity contribution < 1.29 is 27.4 Å². The van der Waals surface area contributed by atoms with Crippen molar-refractivity contribution in [2.24, 2.45) is 0 Å². The number of hydrogen-bond donors (Lipinski definition) is 1. The zero-order valence-electron chi connectivity index (χ0n) is 13.3. The highest BCUT2D eigenvalue weighted by Gasteiger charge is 2.23. The Bertz CT molecular complexity index is 722. The van der Waals surface area contributed by atoms with Gasteiger partial charge in [0.1, 0.15) is 17.2 Å². The van der Waals surface area contributed by atoms with E-state index in [4.69, 9.17) is 21.1 Å². The average Bonchev–Trinajstić information content (AvgIpc) is 2.61. The van der Waals surface area contributed by atoms with Gasteiger partial charge in [0.25, 0.3) is 12.2 Å². The fraction of sp³-hybridized carbons (Fsp3) is 0.333. The van der Waals surface area contributed by atoms with Gasteiger partial charge in [0.05, 0.1) is 14.2 Å². The fourth-order valence-corrected chi connectivity index (χ4v) is 2.06. The largest absolute Gasteiger partial charge is 0.497 e. The SMILES string of the molecule is COc1ccc(CNc2cc(Cl)nnc2OC(F)C(F)F)c(OC)c1. The number of halogens is 4. The first-order valence-corrected chi connectivity index (χ1v) is 7.39. The molecule has 2 aromatic rings. The number of benzene rings is 1. The van der Waals surface area contributed by atoms with Gasteiger partial charge in [0, 0.05) is 24.2 Å². The maximum atomic E-state index is 13.1. The molecule has 1 aromatic heterocycles. The van der Waals surface area contributed by atoms with Gasteiger partial charge in [-0.25, -0.2) is 8.78 Å². The molecular formula is C15H15ClF3N3O3. The van der Waals surface area contributed by atoms with Gasteiger partial charge < -0.3 is 19.5 Å². The van der Waals surface area contributed by atoms with Gasteiger partial charge in [0.15, 0.2) is 5.15 Å². The molecule has 1 N–H and O–H groups in total. The molecule has 0 aliphatic carbocycles. The van der Waals surface area contributed by atoms with Gasteiger partial charge >= 0.3 is 6.43 Å². The number of nitrogens with one attached hydrogen (secondary N) is 1. The lowest BCUT2D eigenvalue weighted by Crippen LogP contribution is -2.21. The van der Waals surface area contributed by atoms with E-state index >= 15 is 0 Å². The number of anilines is 1. The third-order valence-corrected chi connectivity index (χ3v) is 3.30. The maximum Gasteiger partial charge on any atom is 0.304 e. The van der Waals surface area contributed by atoms with E-state index in [9.17, 15) is 13.2 Å². The minimum atomic E-state index is -3.31. The van der Waals surface area contributed by atoms with Crippen molar-refractivity contribution in [1.29, 1.82) is 0 Å². The van der Waals surface area contributed by atoms with Gasteiger partial charge in [-0.1, -0.05) is 11.6 Å². The molecule has 0 radical (unpaired) electrons. The summed E-state index contributed by atoms with van der Waals surface area (Å²) < 4.78 is 52.6. The predicted molar refractivity (Wildman–Crippen MR) is 85.4 cm³/mol. The fourth-order valence-electron chi connectivity index (χ4n) is 1.92. The van der Waals surface area contributed by atoms with Crippen molar-refractivity contribution in [1.82, 2.24) is 10.2 Å². The molecule has 1 aromatic carbocycles. The second-order valence-electron chi connectivity index (χ2n) is 4.72. The van der Waals surface area contributed by atoms with Crippen LogP contribution in [0.15, 0.2) is 24.3 Å². The normalized spacial score (nSPS) is 12.0. The zero-order chi connectivity index (χ0) is 18.4. The molecule has 1 heterocycles. The molecule has 10 heteroatoms. The van der Waals surface area contributed by atoms with Crippen LogP contribution in [0.4, 0.5) is 18.9 Å². The molecule has 0 fully saturated rings. The van der Waals surface area contributed by atoms with Crippen LogP contribution < -0.4 is 19.5 Å². The van der Waals surface area contributed by atoms with Crippen LogP contribution in [0.2, 0.25) is 5.15 Å². The highest BCUT2D eigenvalue weighted by Crippen LogP contribution is 2.29. The van der Waals surface area contributed by atoms with E-state index in [1.165, 1.54) is 20.3 Å². The zero-order valence-corrected chi connectivity index (χ0v) is 14.1. The Morgan fingerprint density at radius 2 is 1.88 bits per heavy atom. The molecule has 2 rings (SSSR count). The maximum absolute atomic E-state index is 13.1. The number of ether oxygens (including phenoxy) is 3. The smallest absolute Gasteiger partial charge is 0.304 e. The molecule has 0 aliphatic rings. The number of alkyl halides is 3. The Balaban J connectivity index is 2.18. The van der Waals surface area contributed by atoms with Crippen molar-refractivity contribution in [3.63, 3.8) is 0 Å². The number of methoxy groups -OCH3 is 2. The molecule has 1 atom stereocenters. The molecule has 0 aliphatic heterocycles. The Labute approximate surface area is 146 Å². The lowest BCUT2D eigenvalue weighted by atomic mass is 10.2. The highest BCUT2D eigenvalue weighted by molar-refractivity contribution is 6.29. The standard InChI is InChI=1S/C15H15ClF3N3O3/c1-23-9-4-3-8(11(5-9)24-2)7-20-10-6-12(16)21-22-15(10)25-14(19)13(17)18/h3-6,13-14H,7H2,1-2H3,(H,20,21). The van der Waals surface area contributed by atoms with E-state index in [1.54, 1.807) is 18.2 Å². The van der Waals surface area contributed by atoms with E-state index < -0.39 is 18.7 Å². The summed E-state index contributed by atoms with van der Waals surface area (Å²) in [4.78, 5) is 0. The summed E-state index contributed by atoms with van der Waals surface area (Å²) >= 11 is 5.74. The van der Waals surface area contributed by atoms with Crippen molar-refractivity contribution >= 4 is 17.3 Å². The summed E-state index contributed by atoms with van der Waals surface area (Å²) in [5.41, 5.74) is 0.842. The summed E-state index contributed by atoms with van der Waals surface area (Å²) in [6.07, 6.45) is -6.14. The first-order chi connectivity index (χ1) is 11.9. The van der Waals surface area contributed by atoms with Crippen LogP contribution >= 0.6 is 11.6 Å². The average molecular weight is 378 g/mol. The quantitative estimate of drug-likeness (QED) is 0.756. The second-order valence-corrected chi connectivity index (χ2v) is 5.11. The van der Waals surface area contributed by atoms with Crippen molar-refractivity contribution in [2.75, 3.05) is 19.5 Å². The van der Waals surface area contributed by atoms with Crippen molar-refractivity contribution in [3.8, 4) is 17.4 Å². The topological polar surface area (TPSA) is 65.5 Å². The summed E-state index contributed by atoms with van der Waals surface area (Å²) in [5, 5.41) is 9.83. The molecule has 0 saturated carbocycles. The molecule has 25 heavy (non-hydrogen) atoms. The lowest BCUT2D eigenvalue weighted by Gasteiger charge is -2.15. The predicted octanol–water partition coefficient (Wildman–Crippen LogP) is 3.70. The van der Waals surface area contributed by atoms with E-state index in [2.05, 4.69) is 20.3 Å². The summed E-state index contributed by atoms with van der Waals surface area (Å²) in [6.45, 7) is 0.206. The molecule has 1 unspecified atom stereocenters. The van der Waals surface area contributed by atoms with Gasteiger partial charge in [-0.05, 0) is 12.1 Å². The number of aromatic nitrogens is 2. The van der Waals surface area contributed by atoms with Crippen molar-refractivity contribution in [3.05, 3.63) is 35.0 Å². The molecule has 0 saturated heterocycles. The van der Waals surface area contributed by atoms with E-state index in [0.717, 1.165) is 5.56 Å². The van der Waals surface area contributed by atoms with Gasteiger partial charge in [0.2, 0.25) is 0 Å². The molecule has 6 nitrogen and oxygen atoms in total. The number of rotatable bonds is 8. The number of nitrogens with zero attached hydrogens (tertiary/aromatic N) is 2. The first kappa shape index (κ1) is 18.9. The van der Waals surface area contributed by atoms with Crippen LogP contribution in [0, 0.1) is 0 Å². The lowest BCUT2D eigenvalue weighted by molar-refractivity contribution is -0.0690. The number of hydrogen-bond acceptors (Lipinski definition) is 6. The van der Waals surface area contributed by atoms with Crippen LogP contribution in [-0.2, 0) is 6.54 Å². The molecule has 0 spiro atoms. The third-order valence-electron chi connectivity index (χ3n) is 3.12. The Morgan fingerprint density at radius 3 is 2.52 bits per heavy atom. The van der Waals surface area contributed by atoms with E-state index in [0.29, 0.717) is 11.5 Å². The monoisotopic (exact) mass is 377 g/mol. The Kier molecular flexibility index (Phi) is 6.51. The highest BCUT2D eigenvalue weighted by atomic mass is 35.5. The molecule has 136 valence electrons. The van der Waals surface area contributed by atoms with E-state index in [-0.39, 0.29) is 17.4 Å². The van der Waals surface area contributed by atoms with Gasteiger partial charge in [-0.2, -0.15) is 4.39 Å². The molecule has 0 amide bonds. The van der Waals surface area contributed by atoms with Crippen LogP contribution in [0.25, 0.3) is 0 Å². The Hall–Kier alpha value is -2.42. The minimum Gasteiger partial charge on any atom is -0.497 e. The third kappa shape index (κ3) is 5.02. The Morgan fingerprint density at radius 1 is 1.12 bits per heavy atom. The summed E-state index contributed by atoms with van der Waals surface area (Å²) in [7, 11) is 3.02. The van der Waals surface area contributed by atoms with Gasteiger partial charge in [-0.3, -0.25) is 0 Å². The van der Waals surface area contributed by atoms with Crippen LogP contribution in [-0.4, -0.2) is 37.2 Å². The first-order valence-electron chi connectivity index (χ1n) is 7.01. The van der Waals surface area contributed by atoms with Crippen LogP contribution in [0.1, 0.15) is 5.56 Å². The minimum absolute atomic E-state index is 0.0102. The van der Waals surface area contributed by atoms with Gasteiger partial charge in [-0.15, -0.1) is 10.2 Å². The van der Waals surface area contributed by atoms with E-state index in [1.807, 2.05) is 0 Å². The van der Waals surface area contributed by atoms with Crippen LogP contribution in [0.5, 0.6) is 17.4 Å². The molecule has 0 bridgehead atoms. The summed E-state index contributed by atoms with van der Waals surface area (Å²) in [6, 6.07) is 6.44. The van der Waals surface area contributed by atoms with Crippen molar-refractivity contribution in [2.45, 2.75) is 19.3 Å². The second kappa shape index (κ2) is 8.61. The summed E-state index contributed by atoms with van der Waals surface area (Å²) in [5.74, 6) is 0.721. The molecular weight excluding hydrogens is 363 g/mol.